The SMILES string of the molecule is CCOc1c(CCN)cc(Cl)cc1C1CCCCC1. The van der Waals surface area contributed by atoms with Crippen molar-refractivity contribution in [2.75, 3.05) is 13.2 Å². The lowest BCUT2D eigenvalue weighted by molar-refractivity contribution is 0.324. The fourth-order valence-corrected chi connectivity index (χ4v) is 3.30. The maximum Gasteiger partial charge on any atom is 0.126 e. The van der Waals surface area contributed by atoms with Gasteiger partial charge in [-0.05, 0) is 61.9 Å². The van der Waals surface area contributed by atoms with E-state index in [1.165, 1.54) is 37.7 Å². The highest BCUT2D eigenvalue weighted by Crippen LogP contribution is 2.40. The summed E-state index contributed by atoms with van der Waals surface area (Å²) in [5.41, 5.74) is 8.17. The van der Waals surface area contributed by atoms with Crippen LogP contribution in [-0.2, 0) is 6.42 Å². The van der Waals surface area contributed by atoms with Crippen molar-refractivity contribution in [1.82, 2.24) is 0 Å². The maximum absolute atomic E-state index is 6.28. The first-order valence-corrected chi connectivity index (χ1v) is 7.79. The highest BCUT2D eigenvalue weighted by molar-refractivity contribution is 6.30. The molecule has 0 aromatic heterocycles. The molecule has 0 spiro atoms. The zero-order chi connectivity index (χ0) is 13.7. The van der Waals surface area contributed by atoms with Crippen molar-refractivity contribution in [2.45, 2.75) is 51.4 Å². The second kappa shape index (κ2) is 7.16. The molecule has 1 saturated carbocycles. The molecule has 1 aromatic carbocycles. The van der Waals surface area contributed by atoms with E-state index >= 15 is 0 Å². The van der Waals surface area contributed by atoms with Gasteiger partial charge in [-0.2, -0.15) is 0 Å². The third kappa shape index (κ3) is 3.64. The Bertz CT molecular complexity index is 413. The predicted molar refractivity (Wildman–Crippen MR) is 81.2 cm³/mol. The first-order valence-electron chi connectivity index (χ1n) is 7.41. The van der Waals surface area contributed by atoms with Gasteiger partial charge in [-0.15, -0.1) is 0 Å². The summed E-state index contributed by atoms with van der Waals surface area (Å²) in [6, 6.07) is 4.11. The molecular formula is C16H24ClNO. The number of benzene rings is 1. The van der Waals surface area contributed by atoms with Crippen LogP contribution in [0.15, 0.2) is 12.1 Å². The van der Waals surface area contributed by atoms with Gasteiger partial charge in [-0.1, -0.05) is 30.9 Å². The molecule has 106 valence electrons. The summed E-state index contributed by atoms with van der Waals surface area (Å²) >= 11 is 6.28. The van der Waals surface area contributed by atoms with Crippen LogP contribution in [0.1, 0.15) is 56.1 Å². The Morgan fingerprint density at radius 2 is 2.00 bits per heavy atom. The first kappa shape index (κ1) is 14.7. The number of rotatable bonds is 5. The number of hydrogen-bond acceptors (Lipinski definition) is 2. The standard InChI is InChI=1S/C16H24ClNO/c1-2-19-16-13(8-9-18)10-14(17)11-15(16)12-6-4-3-5-7-12/h10-12H,2-9,18H2,1H3. The quantitative estimate of drug-likeness (QED) is 0.874. The number of hydrogen-bond donors (Lipinski definition) is 1. The summed E-state index contributed by atoms with van der Waals surface area (Å²) in [4.78, 5) is 0. The minimum Gasteiger partial charge on any atom is -0.493 e. The summed E-state index contributed by atoms with van der Waals surface area (Å²) in [5, 5.41) is 0.812. The van der Waals surface area contributed by atoms with Gasteiger partial charge in [-0.3, -0.25) is 0 Å². The van der Waals surface area contributed by atoms with E-state index < -0.39 is 0 Å². The van der Waals surface area contributed by atoms with Crippen LogP contribution in [0.25, 0.3) is 0 Å². The van der Waals surface area contributed by atoms with Crippen LogP contribution in [0, 0.1) is 0 Å². The molecule has 2 N–H and O–H groups in total. The Morgan fingerprint density at radius 1 is 1.26 bits per heavy atom. The highest BCUT2D eigenvalue weighted by Gasteiger charge is 2.21. The Labute approximate surface area is 121 Å². The van der Waals surface area contributed by atoms with Gasteiger partial charge >= 0.3 is 0 Å². The van der Waals surface area contributed by atoms with Crippen molar-refractivity contribution < 1.29 is 4.74 Å². The van der Waals surface area contributed by atoms with Crippen LogP contribution < -0.4 is 10.5 Å². The van der Waals surface area contributed by atoms with Gasteiger partial charge in [0.25, 0.3) is 0 Å². The van der Waals surface area contributed by atoms with Crippen LogP contribution in [0.4, 0.5) is 0 Å². The van der Waals surface area contributed by atoms with Gasteiger partial charge in [0.1, 0.15) is 5.75 Å². The molecule has 0 bridgehead atoms. The third-order valence-electron chi connectivity index (χ3n) is 3.91. The van der Waals surface area contributed by atoms with Crippen molar-refractivity contribution in [3.8, 4) is 5.75 Å². The molecule has 0 unspecified atom stereocenters. The molecule has 1 aliphatic rings. The Balaban J connectivity index is 2.37. The number of ether oxygens (including phenoxy) is 1. The van der Waals surface area contributed by atoms with Crippen LogP contribution in [0.2, 0.25) is 5.02 Å². The lowest BCUT2D eigenvalue weighted by atomic mass is 9.83. The summed E-state index contributed by atoms with van der Waals surface area (Å²) in [5.74, 6) is 1.65. The molecule has 1 aromatic rings. The Hall–Kier alpha value is -0.730. The van der Waals surface area contributed by atoms with E-state index in [0.717, 1.165) is 22.8 Å². The smallest absolute Gasteiger partial charge is 0.126 e. The van der Waals surface area contributed by atoms with Crippen LogP contribution in [0.3, 0.4) is 0 Å². The average Bonchev–Trinajstić information content (AvgIpc) is 2.43. The van der Waals surface area contributed by atoms with Crippen molar-refractivity contribution in [3.63, 3.8) is 0 Å². The van der Waals surface area contributed by atoms with Crippen molar-refractivity contribution >= 4 is 11.6 Å². The summed E-state index contributed by atoms with van der Waals surface area (Å²) in [6.45, 7) is 3.36. The van der Waals surface area contributed by atoms with Crippen molar-refractivity contribution in [2.24, 2.45) is 5.73 Å². The molecule has 0 aliphatic heterocycles. The average molecular weight is 282 g/mol. The van der Waals surface area contributed by atoms with Gasteiger partial charge in [0, 0.05) is 5.02 Å². The summed E-state index contributed by atoms with van der Waals surface area (Å²) in [7, 11) is 0. The number of halogens is 1. The van der Waals surface area contributed by atoms with E-state index in [2.05, 4.69) is 6.07 Å². The monoisotopic (exact) mass is 281 g/mol. The van der Waals surface area contributed by atoms with E-state index in [1.54, 1.807) is 0 Å². The van der Waals surface area contributed by atoms with E-state index in [-0.39, 0.29) is 0 Å². The molecule has 1 aliphatic carbocycles. The molecular weight excluding hydrogens is 258 g/mol. The number of nitrogens with two attached hydrogens (primary N) is 1. The molecule has 0 radical (unpaired) electrons. The zero-order valence-electron chi connectivity index (χ0n) is 11.8. The molecule has 0 amide bonds. The fourth-order valence-electron chi connectivity index (χ4n) is 3.05. The molecule has 0 saturated heterocycles. The van der Waals surface area contributed by atoms with Crippen molar-refractivity contribution in [3.05, 3.63) is 28.3 Å². The minimum atomic E-state index is 0.602. The lowest BCUT2D eigenvalue weighted by Crippen LogP contribution is -2.11. The lowest BCUT2D eigenvalue weighted by Gasteiger charge is -2.26. The van der Waals surface area contributed by atoms with Crippen LogP contribution in [-0.4, -0.2) is 13.2 Å². The summed E-state index contributed by atoms with van der Waals surface area (Å²) < 4.78 is 5.91. The maximum atomic E-state index is 6.28. The molecule has 2 rings (SSSR count). The fraction of sp³-hybridized carbons (Fsp3) is 0.625. The molecule has 1 fully saturated rings. The van der Waals surface area contributed by atoms with Gasteiger partial charge in [0.15, 0.2) is 0 Å². The zero-order valence-corrected chi connectivity index (χ0v) is 12.5. The van der Waals surface area contributed by atoms with Crippen molar-refractivity contribution in [1.29, 1.82) is 0 Å². The van der Waals surface area contributed by atoms with Gasteiger partial charge in [0.05, 0.1) is 6.61 Å². The van der Waals surface area contributed by atoms with Gasteiger partial charge in [0.2, 0.25) is 0 Å². The van der Waals surface area contributed by atoms with E-state index in [4.69, 9.17) is 22.1 Å². The molecule has 2 nitrogen and oxygen atoms in total. The van der Waals surface area contributed by atoms with E-state index in [9.17, 15) is 0 Å². The molecule has 0 heterocycles. The Morgan fingerprint density at radius 3 is 2.63 bits per heavy atom. The third-order valence-corrected chi connectivity index (χ3v) is 4.12. The second-order valence-electron chi connectivity index (χ2n) is 5.29. The van der Waals surface area contributed by atoms with E-state index in [1.807, 2.05) is 13.0 Å². The predicted octanol–water partition coefficient (Wildman–Crippen LogP) is 4.29. The molecule has 0 atom stereocenters. The normalized spacial score (nSPS) is 16.6. The summed E-state index contributed by atoms with van der Waals surface area (Å²) in [6.07, 6.45) is 7.32. The topological polar surface area (TPSA) is 35.2 Å². The largest absolute Gasteiger partial charge is 0.493 e. The first-order chi connectivity index (χ1) is 9.26. The van der Waals surface area contributed by atoms with Crippen LogP contribution >= 0.6 is 11.6 Å². The van der Waals surface area contributed by atoms with E-state index in [0.29, 0.717) is 19.1 Å². The second-order valence-corrected chi connectivity index (χ2v) is 5.73. The Kier molecular flexibility index (Phi) is 5.53. The highest BCUT2D eigenvalue weighted by atomic mass is 35.5. The molecule has 3 heteroatoms. The van der Waals surface area contributed by atoms with Gasteiger partial charge < -0.3 is 10.5 Å². The van der Waals surface area contributed by atoms with Gasteiger partial charge in [-0.25, -0.2) is 0 Å². The molecule has 19 heavy (non-hydrogen) atoms. The van der Waals surface area contributed by atoms with Crippen LogP contribution in [0.5, 0.6) is 5.75 Å². The minimum absolute atomic E-state index is 0.602.